The van der Waals surface area contributed by atoms with E-state index < -0.39 is 18.0 Å². The van der Waals surface area contributed by atoms with Crippen LogP contribution in [-0.4, -0.2) is 30.5 Å². The van der Waals surface area contributed by atoms with E-state index in [2.05, 4.69) is 10.0 Å². The third kappa shape index (κ3) is 3.81. The van der Waals surface area contributed by atoms with Crippen molar-refractivity contribution in [2.45, 2.75) is 44.8 Å². The molecule has 1 aromatic carbocycles. The van der Waals surface area contributed by atoms with Crippen LogP contribution in [0.4, 0.5) is 4.39 Å². The van der Waals surface area contributed by atoms with Gasteiger partial charge in [-0.05, 0) is 36.9 Å². The fraction of sp³-hybridized carbons (Fsp3) is 0.600. The van der Waals surface area contributed by atoms with Gasteiger partial charge in [0.2, 0.25) is 0 Å². The summed E-state index contributed by atoms with van der Waals surface area (Å²) in [5, 5.41) is 13.2. The molecule has 0 saturated heterocycles. The molecule has 120 valence electrons. The molecule has 1 aliphatic rings. The van der Waals surface area contributed by atoms with Gasteiger partial charge in [0.25, 0.3) is 0 Å². The van der Waals surface area contributed by atoms with E-state index in [1.165, 1.54) is 0 Å². The molecular weight excluding hydrogens is 289 g/mol. The van der Waals surface area contributed by atoms with E-state index in [9.17, 15) is 9.50 Å². The van der Waals surface area contributed by atoms with Crippen LogP contribution >= 0.6 is 0 Å². The first-order valence-electron chi connectivity index (χ1n) is 7.47. The number of azide groups is 1. The second kappa shape index (κ2) is 7.87. The fourth-order valence-corrected chi connectivity index (χ4v) is 2.38. The van der Waals surface area contributed by atoms with Gasteiger partial charge in [-0.2, -0.15) is 0 Å². The van der Waals surface area contributed by atoms with Gasteiger partial charge in [-0.1, -0.05) is 18.5 Å². The molecule has 0 aromatic heterocycles. The minimum absolute atomic E-state index is 0.0583. The first-order chi connectivity index (χ1) is 10.7. The summed E-state index contributed by atoms with van der Waals surface area (Å²) >= 11 is 0. The third-order valence-corrected chi connectivity index (χ3v) is 3.64. The number of nitrogens with zero attached hydrogens (tertiary/aromatic N) is 3. The predicted molar refractivity (Wildman–Crippen MR) is 79.6 cm³/mol. The minimum atomic E-state index is -0.896. The highest BCUT2D eigenvalue weighted by molar-refractivity contribution is 5.43. The summed E-state index contributed by atoms with van der Waals surface area (Å²) in [5.41, 5.74) is 8.74. The van der Waals surface area contributed by atoms with Gasteiger partial charge in [0.05, 0.1) is 19.3 Å². The molecule has 6 nitrogen and oxygen atoms in total. The number of aliphatic hydroxyl groups is 1. The largest absolute Gasteiger partial charge is 0.491 e. The van der Waals surface area contributed by atoms with Crippen molar-refractivity contribution in [3.63, 3.8) is 0 Å². The van der Waals surface area contributed by atoms with Crippen molar-refractivity contribution in [2.24, 2.45) is 5.11 Å². The van der Waals surface area contributed by atoms with Crippen LogP contribution in [0, 0.1) is 5.82 Å². The molecule has 1 N–H and O–H groups in total. The summed E-state index contributed by atoms with van der Waals surface area (Å²) < 4.78 is 25.4. The first kappa shape index (κ1) is 16.4. The van der Waals surface area contributed by atoms with E-state index in [0.29, 0.717) is 30.8 Å². The van der Waals surface area contributed by atoms with E-state index in [4.69, 9.17) is 15.0 Å². The number of unbranched alkanes of at least 4 members (excludes halogenated alkanes) is 1. The maximum Gasteiger partial charge on any atom is 0.171 e. The average Bonchev–Trinajstić information content (AvgIpc) is 2.54. The monoisotopic (exact) mass is 309 g/mol. The third-order valence-electron chi connectivity index (χ3n) is 3.64. The maximum absolute atomic E-state index is 14.4. The Labute approximate surface area is 128 Å². The number of hydrogen-bond acceptors (Lipinski definition) is 4. The van der Waals surface area contributed by atoms with Crippen molar-refractivity contribution in [2.75, 3.05) is 13.2 Å². The Kier molecular flexibility index (Phi) is 5.86. The van der Waals surface area contributed by atoms with Crippen LogP contribution in [0.15, 0.2) is 17.2 Å². The highest BCUT2D eigenvalue weighted by Crippen LogP contribution is 2.35. The molecule has 2 atom stereocenters. The molecule has 7 heteroatoms. The van der Waals surface area contributed by atoms with Crippen molar-refractivity contribution in [1.29, 1.82) is 0 Å². The average molecular weight is 309 g/mol. The van der Waals surface area contributed by atoms with Gasteiger partial charge in [0.1, 0.15) is 11.9 Å². The van der Waals surface area contributed by atoms with E-state index >= 15 is 0 Å². The van der Waals surface area contributed by atoms with Crippen LogP contribution in [0.2, 0.25) is 0 Å². The van der Waals surface area contributed by atoms with Crippen molar-refractivity contribution < 1.29 is 19.0 Å². The molecule has 0 aliphatic carbocycles. The van der Waals surface area contributed by atoms with Crippen LogP contribution in [0.1, 0.15) is 31.7 Å². The van der Waals surface area contributed by atoms with Gasteiger partial charge in [0.15, 0.2) is 11.6 Å². The predicted octanol–water partition coefficient (Wildman–Crippen LogP) is 3.37. The van der Waals surface area contributed by atoms with Crippen LogP contribution in [0.5, 0.6) is 11.5 Å². The zero-order chi connectivity index (χ0) is 15.9. The molecule has 1 aliphatic heterocycles. The lowest BCUT2D eigenvalue weighted by Crippen LogP contribution is -2.37. The molecule has 0 radical (unpaired) electrons. The lowest BCUT2D eigenvalue weighted by atomic mass is 9.98. The zero-order valence-corrected chi connectivity index (χ0v) is 12.5. The van der Waals surface area contributed by atoms with Crippen molar-refractivity contribution >= 4 is 0 Å². The molecule has 1 heterocycles. The first-order valence-corrected chi connectivity index (χ1v) is 7.47. The van der Waals surface area contributed by atoms with E-state index in [0.717, 1.165) is 12.8 Å². The Balaban J connectivity index is 2.07. The lowest BCUT2D eigenvalue weighted by Gasteiger charge is -2.29. The molecule has 0 fully saturated rings. The van der Waals surface area contributed by atoms with Crippen molar-refractivity contribution in [3.8, 4) is 11.5 Å². The van der Waals surface area contributed by atoms with Gasteiger partial charge in [0, 0.05) is 10.5 Å². The highest BCUT2D eigenvalue weighted by Gasteiger charge is 2.28. The van der Waals surface area contributed by atoms with Gasteiger partial charge in [-0.25, -0.2) is 4.39 Å². The SMILES string of the molecule is CCCCOc1ccc2c(c1F)CC[C@H]([C@@H](O)CN=[N+]=[N-])O2. The Bertz CT molecular complexity index is 561. The topological polar surface area (TPSA) is 87.5 Å². The number of hydrogen-bond donors (Lipinski definition) is 1. The molecule has 2 rings (SSSR count). The second-order valence-corrected chi connectivity index (χ2v) is 5.23. The number of benzene rings is 1. The van der Waals surface area contributed by atoms with Crippen molar-refractivity contribution in [1.82, 2.24) is 0 Å². The normalized spacial score (nSPS) is 17.9. The Morgan fingerprint density at radius 3 is 3.14 bits per heavy atom. The highest BCUT2D eigenvalue weighted by atomic mass is 19.1. The second-order valence-electron chi connectivity index (χ2n) is 5.23. The molecule has 0 saturated carbocycles. The lowest BCUT2D eigenvalue weighted by molar-refractivity contribution is 0.0289. The minimum Gasteiger partial charge on any atom is -0.491 e. The Morgan fingerprint density at radius 1 is 1.59 bits per heavy atom. The smallest absolute Gasteiger partial charge is 0.171 e. The Hall–Kier alpha value is -1.98. The number of ether oxygens (including phenoxy) is 2. The molecule has 0 amide bonds. The standard InChI is InChI=1S/C15H20FN3O3/c1-2-3-8-21-14-7-6-12-10(15(14)16)4-5-13(22-12)11(20)9-18-19-17/h6-7,11,13,20H,2-5,8-9H2,1H3/t11-,13+/m0/s1. The number of halogens is 1. The summed E-state index contributed by atoms with van der Waals surface area (Å²) in [6.45, 7) is 2.47. The molecule has 0 spiro atoms. The summed E-state index contributed by atoms with van der Waals surface area (Å²) in [6.07, 6.45) is 1.38. The van der Waals surface area contributed by atoms with Gasteiger partial charge in [-0.15, -0.1) is 0 Å². The van der Waals surface area contributed by atoms with E-state index in [1.807, 2.05) is 6.92 Å². The summed E-state index contributed by atoms with van der Waals surface area (Å²) in [4.78, 5) is 2.61. The van der Waals surface area contributed by atoms with Gasteiger partial charge in [-0.3, -0.25) is 0 Å². The summed E-state index contributed by atoms with van der Waals surface area (Å²) in [5.74, 6) is 0.261. The fourth-order valence-electron chi connectivity index (χ4n) is 2.38. The zero-order valence-electron chi connectivity index (χ0n) is 12.5. The van der Waals surface area contributed by atoms with Crippen LogP contribution in [-0.2, 0) is 6.42 Å². The van der Waals surface area contributed by atoms with E-state index in [1.54, 1.807) is 12.1 Å². The molecule has 0 bridgehead atoms. The van der Waals surface area contributed by atoms with Crippen molar-refractivity contribution in [3.05, 3.63) is 34.0 Å². The molecule has 0 unspecified atom stereocenters. The number of aliphatic hydroxyl groups excluding tert-OH is 1. The van der Waals surface area contributed by atoms with Crippen LogP contribution in [0.25, 0.3) is 10.4 Å². The maximum atomic E-state index is 14.4. The summed E-state index contributed by atoms with van der Waals surface area (Å²) in [7, 11) is 0. The molecular formula is C15H20FN3O3. The van der Waals surface area contributed by atoms with Crippen LogP contribution in [0.3, 0.4) is 0 Å². The molecule has 22 heavy (non-hydrogen) atoms. The Morgan fingerprint density at radius 2 is 2.41 bits per heavy atom. The van der Waals surface area contributed by atoms with Crippen LogP contribution < -0.4 is 9.47 Å². The number of fused-ring (bicyclic) bond motifs is 1. The molecule has 1 aromatic rings. The summed E-state index contributed by atoms with van der Waals surface area (Å²) in [6, 6.07) is 3.21. The quantitative estimate of drug-likeness (QED) is 0.362. The van der Waals surface area contributed by atoms with E-state index in [-0.39, 0.29) is 12.3 Å². The van der Waals surface area contributed by atoms with Gasteiger partial charge >= 0.3 is 0 Å². The van der Waals surface area contributed by atoms with Gasteiger partial charge < -0.3 is 14.6 Å². The number of rotatable bonds is 7.